The van der Waals surface area contributed by atoms with Crippen LogP contribution in [0.25, 0.3) is 0 Å². The first-order valence-electron chi connectivity index (χ1n) is 7.07. The molecule has 1 saturated heterocycles. The Kier molecular flexibility index (Phi) is 4.72. The number of Topliss-reactive ketones (excluding diaryl/α,β-unsaturated/α-hetero) is 1. The molecular weight excluding hydrogens is 236 g/mol. The molecule has 1 aliphatic rings. The molecule has 0 N–H and O–H groups in total. The quantitative estimate of drug-likeness (QED) is 0.778. The molecule has 0 spiro atoms. The van der Waals surface area contributed by atoms with Crippen molar-refractivity contribution in [1.29, 1.82) is 0 Å². The van der Waals surface area contributed by atoms with Crippen LogP contribution >= 0.6 is 0 Å². The van der Waals surface area contributed by atoms with Crippen molar-refractivity contribution in [2.45, 2.75) is 20.3 Å². The standard InChI is InChI=1S/C16H24N2O/c1-13-5-6-15(11-14(13)2)16(19)12-18-8-4-7-17(3)9-10-18/h5-6,11H,4,7-10,12H2,1-3H3. The van der Waals surface area contributed by atoms with Gasteiger partial charge >= 0.3 is 0 Å². The van der Waals surface area contributed by atoms with Gasteiger partial charge < -0.3 is 4.90 Å². The van der Waals surface area contributed by atoms with Crippen LogP contribution in [0.3, 0.4) is 0 Å². The van der Waals surface area contributed by atoms with E-state index in [0.717, 1.165) is 38.2 Å². The first-order valence-corrected chi connectivity index (χ1v) is 7.07. The van der Waals surface area contributed by atoms with Crippen molar-refractivity contribution >= 4 is 5.78 Å². The Bertz CT molecular complexity index is 456. The maximum atomic E-state index is 12.3. The normalized spacial score (nSPS) is 18.3. The zero-order valence-corrected chi connectivity index (χ0v) is 12.3. The molecule has 0 amide bonds. The fourth-order valence-electron chi connectivity index (χ4n) is 2.47. The minimum absolute atomic E-state index is 0.243. The number of carbonyl (C=O) groups excluding carboxylic acids is 1. The second-order valence-corrected chi connectivity index (χ2v) is 5.66. The molecule has 3 heteroatoms. The van der Waals surface area contributed by atoms with E-state index in [0.29, 0.717) is 6.54 Å². The summed E-state index contributed by atoms with van der Waals surface area (Å²) in [5.74, 6) is 0.243. The van der Waals surface area contributed by atoms with E-state index in [9.17, 15) is 4.79 Å². The van der Waals surface area contributed by atoms with E-state index in [1.165, 1.54) is 11.1 Å². The van der Waals surface area contributed by atoms with Gasteiger partial charge in [-0.1, -0.05) is 12.1 Å². The molecule has 0 radical (unpaired) electrons. The number of hydrogen-bond acceptors (Lipinski definition) is 3. The van der Waals surface area contributed by atoms with Crippen molar-refractivity contribution in [3.63, 3.8) is 0 Å². The first-order chi connectivity index (χ1) is 9.06. The number of likely N-dealkylation sites (N-methyl/N-ethyl adjacent to an activating group) is 1. The first kappa shape index (κ1) is 14.2. The lowest BCUT2D eigenvalue weighted by molar-refractivity contribution is 0.0933. The Morgan fingerprint density at radius 1 is 1.11 bits per heavy atom. The lowest BCUT2D eigenvalue weighted by Gasteiger charge is -2.19. The summed E-state index contributed by atoms with van der Waals surface area (Å²) in [7, 11) is 2.15. The number of ketones is 1. The highest BCUT2D eigenvalue weighted by atomic mass is 16.1. The number of benzene rings is 1. The van der Waals surface area contributed by atoms with Gasteiger partial charge in [0.15, 0.2) is 5.78 Å². The average molecular weight is 260 g/mol. The van der Waals surface area contributed by atoms with Crippen LogP contribution < -0.4 is 0 Å². The highest BCUT2D eigenvalue weighted by molar-refractivity contribution is 5.97. The summed E-state index contributed by atoms with van der Waals surface area (Å²) in [4.78, 5) is 16.9. The van der Waals surface area contributed by atoms with Gasteiger partial charge in [-0.15, -0.1) is 0 Å². The lowest BCUT2D eigenvalue weighted by Crippen LogP contribution is -2.33. The summed E-state index contributed by atoms with van der Waals surface area (Å²) in [6.07, 6.45) is 1.15. The Morgan fingerprint density at radius 2 is 1.89 bits per heavy atom. The number of carbonyl (C=O) groups is 1. The average Bonchev–Trinajstić information content (AvgIpc) is 2.58. The fraction of sp³-hybridized carbons (Fsp3) is 0.562. The van der Waals surface area contributed by atoms with Crippen molar-refractivity contribution in [2.75, 3.05) is 39.8 Å². The Balaban J connectivity index is 1.98. The maximum Gasteiger partial charge on any atom is 0.176 e. The molecule has 0 aromatic heterocycles. The molecule has 0 aliphatic carbocycles. The van der Waals surface area contributed by atoms with E-state index >= 15 is 0 Å². The zero-order valence-electron chi connectivity index (χ0n) is 12.3. The summed E-state index contributed by atoms with van der Waals surface area (Å²) >= 11 is 0. The maximum absolute atomic E-state index is 12.3. The number of aryl methyl sites for hydroxylation is 2. The molecule has 0 unspecified atom stereocenters. The molecule has 1 aromatic carbocycles. The Labute approximate surface area is 116 Å². The predicted molar refractivity (Wildman–Crippen MR) is 78.8 cm³/mol. The van der Waals surface area contributed by atoms with Gasteiger partial charge in [-0.05, 0) is 57.6 Å². The van der Waals surface area contributed by atoms with Crippen molar-refractivity contribution in [3.05, 3.63) is 34.9 Å². The second kappa shape index (κ2) is 6.31. The zero-order chi connectivity index (χ0) is 13.8. The molecule has 1 aliphatic heterocycles. The van der Waals surface area contributed by atoms with Gasteiger partial charge in [0.2, 0.25) is 0 Å². The number of rotatable bonds is 3. The monoisotopic (exact) mass is 260 g/mol. The van der Waals surface area contributed by atoms with Crippen LogP contribution in [0, 0.1) is 13.8 Å². The molecule has 104 valence electrons. The largest absolute Gasteiger partial charge is 0.305 e. The fourth-order valence-corrected chi connectivity index (χ4v) is 2.47. The smallest absolute Gasteiger partial charge is 0.176 e. The van der Waals surface area contributed by atoms with Crippen LogP contribution in [0.5, 0.6) is 0 Å². The van der Waals surface area contributed by atoms with Gasteiger partial charge in [0.05, 0.1) is 6.54 Å². The van der Waals surface area contributed by atoms with Crippen LogP contribution in [-0.2, 0) is 0 Å². The third-order valence-electron chi connectivity index (χ3n) is 4.01. The highest BCUT2D eigenvalue weighted by Gasteiger charge is 2.16. The van der Waals surface area contributed by atoms with Crippen LogP contribution in [-0.4, -0.2) is 55.4 Å². The van der Waals surface area contributed by atoms with E-state index in [1.807, 2.05) is 18.2 Å². The van der Waals surface area contributed by atoms with Crippen LogP contribution in [0.1, 0.15) is 27.9 Å². The Morgan fingerprint density at radius 3 is 2.63 bits per heavy atom. The summed E-state index contributed by atoms with van der Waals surface area (Å²) < 4.78 is 0. The molecule has 0 bridgehead atoms. The molecule has 19 heavy (non-hydrogen) atoms. The van der Waals surface area contributed by atoms with E-state index in [-0.39, 0.29) is 5.78 Å². The van der Waals surface area contributed by atoms with Crippen molar-refractivity contribution in [2.24, 2.45) is 0 Å². The van der Waals surface area contributed by atoms with Gasteiger partial charge in [0.1, 0.15) is 0 Å². The SMILES string of the molecule is Cc1ccc(C(=O)CN2CCCN(C)CC2)cc1C. The molecule has 1 fully saturated rings. The van der Waals surface area contributed by atoms with Gasteiger partial charge in [-0.2, -0.15) is 0 Å². The molecule has 3 nitrogen and oxygen atoms in total. The van der Waals surface area contributed by atoms with Crippen molar-refractivity contribution in [1.82, 2.24) is 9.80 Å². The summed E-state index contributed by atoms with van der Waals surface area (Å²) in [6.45, 7) is 8.90. The van der Waals surface area contributed by atoms with E-state index < -0.39 is 0 Å². The minimum atomic E-state index is 0.243. The number of nitrogens with zero attached hydrogens (tertiary/aromatic N) is 2. The summed E-state index contributed by atoms with van der Waals surface area (Å²) in [5.41, 5.74) is 3.29. The molecule has 1 heterocycles. The van der Waals surface area contributed by atoms with Crippen LogP contribution in [0.2, 0.25) is 0 Å². The van der Waals surface area contributed by atoms with Crippen molar-refractivity contribution < 1.29 is 4.79 Å². The molecule has 0 saturated carbocycles. The third kappa shape index (κ3) is 3.88. The van der Waals surface area contributed by atoms with E-state index in [1.54, 1.807) is 0 Å². The van der Waals surface area contributed by atoms with Crippen LogP contribution in [0.15, 0.2) is 18.2 Å². The van der Waals surface area contributed by atoms with Gasteiger partial charge in [-0.3, -0.25) is 9.69 Å². The van der Waals surface area contributed by atoms with Crippen LogP contribution in [0.4, 0.5) is 0 Å². The Hall–Kier alpha value is -1.19. The van der Waals surface area contributed by atoms with E-state index in [4.69, 9.17) is 0 Å². The van der Waals surface area contributed by atoms with Gasteiger partial charge in [0, 0.05) is 18.7 Å². The molecule has 0 atom stereocenters. The molecule has 1 aromatic rings. The van der Waals surface area contributed by atoms with Gasteiger partial charge in [0.25, 0.3) is 0 Å². The molecular formula is C16H24N2O. The summed E-state index contributed by atoms with van der Waals surface area (Å²) in [6, 6.07) is 6.01. The highest BCUT2D eigenvalue weighted by Crippen LogP contribution is 2.11. The number of hydrogen-bond donors (Lipinski definition) is 0. The predicted octanol–water partition coefficient (Wildman–Crippen LogP) is 2.12. The molecule has 2 rings (SSSR count). The van der Waals surface area contributed by atoms with Gasteiger partial charge in [-0.25, -0.2) is 0 Å². The van der Waals surface area contributed by atoms with E-state index in [2.05, 4.69) is 30.7 Å². The third-order valence-corrected chi connectivity index (χ3v) is 4.01. The topological polar surface area (TPSA) is 23.6 Å². The van der Waals surface area contributed by atoms with Crippen molar-refractivity contribution in [3.8, 4) is 0 Å². The minimum Gasteiger partial charge on any atom is -0.305 e. The second-order valence-electron chi connectivity index (χ2n) is 5.66. The lowest BCUT2D eigenvalue weighted by atomic mass is 10.0. The summed E-state index contributed by atoms with van der Waals surface area (Å²) in [5, 5.41) is 0.